The fraction of sp³-hybridized carbons (Fsp3) is 0.939. The van der Waals surface area contributed by atoms with Crippen molar-refractivity contribution in [3.05, 3.63) is 0 Å². The minimum atomic E-state index is 0.0928. The van der Waals surface area contributed by atoms with Crippen molar-refractivity contribution >= 4 is 23.6 Å². The largest absolute Gasteiger partial charge is 0.354 e. The lowest BCUT2D eigenvalue weighted by Crippen LogP contribution is -2.42. The van der Waals surface area contributed by atoms with Gasteiger partial charge in [-0.25, -0.2) is 0 Å². The van der Waals surface area contributed by atoms with Crippen LogP contribution in [0.1, 0.15) is 312 Å². The molecule has 12 heteroatoms. The Morgan fingerprint density at radius 3 is 0.667 bits per heavy atom. The minimum Gasteiger partial charge on any atom is -0.354 e. The van der Waals surface area contributed by atoms with Crippen molar-refractivity contribution < 1.29 is 19.2 Å². The van der Waals surface area contributed by atoms with Gasteiger partial charge in [0.15, 0.2) is 0 Å². The molecule has 0 aliphatic carbocycles. The van der Waals surface area contributed by atoms with Crippen LogP contribution in [0, 0.1) is 0 Å². The normalized spacial score (nSPS) is 13.2. The van der Waals surface area contributed by atoms with Crippen LogP contribution in [0.25, 0.3) is 0 Å². The summed E-state index contributed by atoms with van der Waals surface area (Å²) in [5, 5.41) is 20.2. The SMILES string of the molecule is CCCCCCCCCCC(C)NC(=O)CCN(CCNCCNCCN(CCC(=O)NC(C)CCCCCCCCCC)CCC(=O)NC(C)CCCCCCCCCC)CCC(=O)NC(C)CCCCCCCCCC. The van der Waals surface area contributed by atoms with Gasteiger partial charge in [-0.1, -0.05) is 233 Å². The lowest BCUT2D eigenvalue weighted by atomic mass is 10.1. The molecule has 6 N–H and O–H groups in total. The maximum absolute atomic E-state index is 13.1. The average molecular weight is 1100 g/mol. The highest BCUT2D eigenvalue weighted by Crippen LogP contribution is 2.15. The first-order chi connectivity index (χ1) is 37.9. The molecule has 78 heavy (non-hydrogen) atoms. The molecule has 0 aromatic rings. The molecule has 0 radical (unpaired) electrons. The van der Waals surface area contributed by atoms with Gasteiger partial charge in [0.25, 0.3) is 0 Å². The number of carbonyl (C=O) groups excluding carboxylic acids is 4. The Kier molecular flexibility index (Phi) is 56.2. The van der Waals surface area contributed by atoms with Gasteiger partial charge in [0.2, 0.25) is 23.6 Å². The fourth-order valence-electron chi connectivity index (χ4n) is 10.6. The van der Waals surface area contributed by atoms with Gasteiger partial charge in [-0.05, 0) is 53.4 Å². The Morgan fingerprint density at radius 1 is 0.269 bits per heavy atom. The van der Waals surface area contributed by atoms with Gasteiger partial charge >= 0.3 is 0 Å². The van der Waals surface area contributed by atoms with Crippen LogP contribution in [0.5, 0.6) is 0 Å². The first kappa shape index (κ1) is 75.7. The maximum atomic E-state index is 13.1. The summed E-state index contributed by atoms with van der Waals surface area (Å²) in [6.07, 6.45) is 47.0. The van der Waals surface area contributed by atoms with E-state index in [0.29, 0.717) is 51.9 Å². The molecule has 4 unspecified atom stereocenters. The Balaban J connectivity index is 5.14. The van der Waals surface area contributed by atoms with Crippen molar-refractivity contribution in [1.82, 2.24) is 41.7 Å². The summed E-state index contributed by atoms with van der Waals surface area (Å²) in [7, 11) is 0. The Hall–Kier alpha value is -2.28. The van der Waals surface area contributed by atoms with Gasteiger partial charge in [-0.2, -0.15) is 0 Å². The highest BCUT2D eigenvalue weighted by atomic mass is 16.2. The number of unbranched alkanes of at least 4 members (excludes halogenated alkanes) is 28. The van der Waals surface area contributed by atoms with Crippen molar-refractivity contribution in [3.63, 3.8) is 0 Å². The van der Waals surface area contributed by atoms with Crippen molar-refractivity contribution in [1.29, 1.82) is 0 Å². The number of rotatable bonds is 61. The Labute approximate surface area is 484 Å². The van der Waals surface area contributed by atoms with Crippen LogP contribution < -0.4 is 31.9 Å². The minimum absolute atomic E-state index is 0.0928. The molecule has 0 saturated carbocycles. The molecule has 0 heterocycles. The molecule has 0 saturated heterocycles. The fourth-order valence-corrected chi connectivity index (χ4v) is 10.6. The third-order valence-electron chi connectivity index (χ3n) is 15.9. The molecule has 12 nitrogen and oxygen atoms in total. The quantitative estimate of drug-likeness (QED) is 0.0330. The van der Waals surface area contributed by atoms with E-state index in [2.05, 4.69) is 97.1 Å². The van der Waals surface area contributed by atoms with Crippen LogP contribution in [0.15, 0.2) is 0 Å². The van der Waals surface area contributed by atoms with E-state index in [1.54, 1.807) is 0 Å². The van der Waals surface area contributed by atoms with Crippen LogP contribution >= 0.6 is 0 Å². The van der Waals surface area contributed by atoms with E-state index < -0.39 is 0 Å². The molecule has 0 bridgehead atoms. The van der Waals surface area contributed by atoms with E-state index in [0.717, 1.165) is 90.6 Å². The van der Waals surface area contributed by atoms with Gasteiger partial charge in [0, 0.05) is 115 Å². The zero-order chi connectivity index (χ0) is 57.4. The third kappa shape index (κ3) is 54.3. The molecule has 0 fully saturated rings. The summed E-state index contributed by atoms with van der Waals surface area (Å²) in [5.41, 5.74) is 0. The van der Waals surface area contributed by atoms with Crippen LogP contribution in [-0.2, 0) is 19.2 Å². The van der Waals surface area contributed by atoms with E-state index in [1.807, 2.05) is 0 Å². The van der Waals surface area contributed by atoms with Crippen molar-refractivity contribution in [2.45, 2.75) is 336 Å². The summed E-state index contributed by atoms with van der Waals surface area (Å²) in [4.78, 5) is 57.1. The zero-order valence-electron chi connectivity index (χ0n) is 53.2. The summed E-state index contributed by atoms with van der Waals surface area (Å²) in [6.45, 7) is 24.7. The first-order valence-electron chi connectivity index (χ1n) is 34.0. The predicted octanol–water partition coefficient (Wildman–Crippen LogP) is 14.5. The van der Waals surface area contributed by atoms with E-state index in [1.165, 1.54) is 180 Å². The van der Waals surface area contributed by atoms with Crippen LogP contribution in [0.2, 0.25) is 0 Å². The lowest BCUT2D eigenvalue weighted by Gasteiger charge is -2.24. The number of nitrogens with zero attached hydrogens (tertiary/aromatic N) is 2. The highest BCUT2D eigenvalue weighted by Gasteiger charge is 2.16. The molecule has 0 aromatic carbocycles. The molecule has 4 atom stereocenters. The Bertz CT molecular complexity index is 1150. The first-order valence-corrected chi connectivity index (χ1v) is 34.0. The number of hydrogen-bond donors (Lipinski definition) is 6. The summed E-state index contributed by atoms with van der Waals surface area (Å²) in [5.74, 6) is 0.371. The standard InChI is InChI=1S/C66H134N8O4/c1-9-13-17-21-25-29-33-37-41-59(5)69-63(75)45-53-73(54-46-64(76)70-60(6)42-38-34-30-26-22-18-14-10-2)57-51-67-49-50-68-52-58-74(55-47-65(77)71-61(7)43-39-35-31-27-23-19-15-11-3)56-48-66(78)72-62(8)44-40-36-32-28-24-20-16-12-4/h59-62,67-68H,9-58H2,1-8H3,(H,69,75)(H,70,76)(H,71,77)(H,72,78). The van der Waals surface area contributed by atoms with Crippen molar-refractivity contribution in [2.24, 2.45) is 0 Å². The number of carbonyl (C=O) groups is 4. The molecule has 0 spiro atoms. The van der Waals surface area contributed by atoms with E-state index >= 15 is 0 Å². The van der Waals surface area contributed by atoms with Gasteiger partial charge in [0.05, 0.1) is 0 Å². The maximum Gasteiger partial charge on any atom is 0.221 e. The molecule has 0 aliphatic rings. The second kappa shape index (κ2) is 57.9. The van der Waals surface area contributed by atoms with Gasteiger partial charge in [-0.3, -0.25) is 19.2 Å². The van der Waals surface area contributed by atoms with Crippen LogP contribution in [0.4, 0.5) is 0 Å². The topological polar surface area (TPSA) is 147 Å². The number of amides is 4. The highest BCUT2D eigenvalue weighted by molar-refractivity contribution is 5.77. The third-order valence-corrected chi connectivity index (χ3v) is 15.9. The zero-order valence-corrected chi connectivity index (χ0v) is 53.2. The summed E-state index contributed by atoms with van der Waals surface area (Å²) >= 11 is 0. The van der Waals surface area contributed by atoms with E-state index in [-0.39, 0.29) is 47.8 Å². The molecule has 462 valence electrons. The summed E-state index contributed by atoms with van der Waals surface area (Å²) in [6, 6.07) is 0.688. The molecule has 0 rings (SSSR count). The average Bonchev–Trinajstić information content (AvgIpc) is 3.41. The molecule has 0 aliphatic heterocycles. The summed E-state index contributed by atoms with van der Waals surface area (Å²) < 4.78 is 0. The van der Waals surface area contributed by atoms with Crippen LogP contribution in [0.3, 0.4) is 0 Å². The monoisotopic (exact) mass is 1100 g/mol. The Morgan fingerprint density at radius 2 is 0.462 bits per heavy atom. The van der Waals surface area contributed by atoms with Crippen molar-refractivity contribution in [3.8, 4) is 0 Å². The van der Waals surface area contributed by atoms with Gasteiger partial charge in [-0.15, -0.1) is 0 Å². The smallest absolute Gasteiger partial charge is 0.221 e. The van der Waals surface area contributed by atoms with E-state index in [9.17, 15) is 19.2 Å². The van der Waals surface area contributed by atoms with E-state index in [4.69, 9.17) is 0 Å². The van der Waals surface area contributed by atoms with Gasteiger partial charge < -0.3 is 41.7 Å². The lowest BCUT2D eigenvalue weighted by molar-refractivity contribution is -0.123. The second-order valence-electron chi connectivity index (χ2n) is 24.1. The number of nitrogens with one attached hydrogen (secondary N) is 6. The van der Waals surface area contributed by atoms with Crippen molar-refractivity contribution in [2.75, 3.05) is 65.4 Å². The predicted molar refractivity (Wildman–Crippen MR) is 336 cm³/mol. The molecule has 4 amide bonds. The van der Waals surface area contributed by atoms with Crippen LogP contribution in [-0.4, -0.2) is 123 Å². The molecule has 0 aromatic heterocycles. The molecular formula is C66H134N8O4. The second-order valence-corrected chi connectivity index (χ2v) is 24.1. The van der Waals surface area contributed by atoms with Gasteiger partial charge in [0.1, 0.15) is 0 Å². The number of hydrogen-bond acceptors (Lipinski definition) is 8. The molecular weight excluding hydrogens is 969 g/mol.